The fourth-order valence-electron chi connectivity index (χ4n) is 1.56. The van der Waals surface area contributed by atoms with Gasteiger partial charge in [0.05, 0.1) is 10.6 Å². The van der Waals surface area contributed by atoms with Crippen molar-refractivity contribution in [2.75, 3.05) is 0 Å². The van der Waals surface area contributed by atoms with Gasteiger partial charge in [-0.1, -0.05) is 25.4 Å². The first-order valence-corrected chi connectivity index (χ1v) is 6.06. The molecule has 1 atom stereocenters. The molecule has 0 aliphatic rings. The molecule has 0 bridgehead atoms. The van der Waals surface area contributed by atoms with E-state index in [1.807, 2.05) is 13.8 Å². The molecule has 1 rings (SSSR count). The van der Waals surface area contributed by atoms with Crippen molar-refractivity contribution in [3.63, 3.8) is 0 Å². The largest absolute Gasteiger partial charge is 0.417 e. The average molecular weight is 269 g/mol. The Morgan fingerprint density at radius 2 is 1.88 bits per heavy atom. The Morgan fingerprint density at radius 3 is 2.25 bits per heavy atom. The number of hydrogen-bond acceptors (Lipinski definition) is 0. The summed E-state index contributed by atoms with van der Waals surface area (Å²) < 4.78 is 37.9. The lowest BCUT2D eigenvalue weighted by molar-refractivity contribution is -0.137. The van der Waals surface area contributed by atoms with Gasteiger partial charge in [-0.05, 0) is 35.3 Å². The van der Waals surface area contributed by atoms with Crippen LogP contribution in [-0.4, -0.2) is 0 Å². The van der Waals surface area contributed by atoms with Gasteiger partial charge in [-0.25, -0.2) is 0 Å². The van der Waals surface area contributed by atoms with Gasteiger partial charge in [-0.3, -0.25) is 0 Å². The molecule has 1 unspecified atom stereocenters. The minimum Gasteiger partial charge on any atom is -0.166 e. The fraction of sp³-hybridized carbons (Fsp3) is 0.455. The lowest BCUT2D eigenvalue weighted by Gasteiger charge is -2.16. The zero-order valence-electron chi connectivity index (χ0n) is 9.03. The van der Waals surface area contributed by atoms with E-state index in [1.165, 1.54) is 6.07 Å². The lowest BCUT2D eigenvalue weighted by Crippen LogP contribution is -2.08. The van der Waals surface area contributed by atoms with E-state index in [1.54, 1.807) is 0 Å². The van der Waals surface area contributed by atoms with Gasteiger partial charge in [0.25, 0.3) is 0 Å². The summed E-state index contributed by atoms with van der Waals surface area (Å²) in [5, 5.41) is -0.227. The van der Waals surface area contributed by atoms with Gasteiger partial charge in [0.2, 0.25) is 0 Å². The van der Waals surface area contributed by atoms with Crippen LogP contribution in [0.4, 0.5) is 13.2 Å². The maximum absolute atomic E-state index is 12.6. The highest BCUT2D eigenvalue weighted by molar-refractivity contribution is 7.15. The Balaban J connectivity index is 3.39. The van der Waals surface area contributed by atoms with Gasteiger partial charge in [0, 0.05) is 0 Å². The van der Waals surface area contributed by atoms with Crippen LogP contribution in [0.3, 0.4) is 0 Å². The van der Waals surface area contributed by atoms with Crippen molar-refractivity contribution in [3.8, 4) is 0 Å². The standard InChI is InChI=1S/C11H13ClF3P/c1-6(2)8-4-9(11(13,14)15)10(12)3-7(8)5-16/h3-4,6H,5,16H2,1-2H3. The number of halogens is 4. The summed E-state index contributed by atoms with van der Waals surface area (Å²) in [7, 11) is 2.50. The van der Waals surface area contributed by atoms with E-state index in [2.05, 4.69) is 9.24 Å². The molecule has 0 saturated heterocycles. The fourth-order valence-corrected chi connectivity index (χ4v) is 2.21. The van der Waals surface area contributed by atoms with Crippen molar-refractivity contribution in [3.05, 3.63) is 33.8 Å². The number of alkyl halides is 3. The van der Waals surface area contributed by atoms with E-state index >= 15 is 0 Å². The number of hydrogen-bond donors (Lipinski definition) is 0. The molecular formula is C11H13ClF3P. The topological polar surface area (TPSA) is 0 Å². The van der Waals surface area contributed by atoms with Crippen molar-refractivity contribution in [2.24, 2.45) is 0 Å². The van der Waals surface area contributed by atoms with Gasteiger partial charge in [-0.15, -0.1) is 9.24 Å². The van der Waals surface area contributed by atoms with E-state index in [0.717, 1.165) is 11.6 Å². The molecular weight excluding hydrogens is 256 g/mol. The second-order valence-electron chi connectivity index (χ2n) is 3.89. The molecule has 0 N–H and O–H groups in total. The van der Waals surface area contributed by atoms with E-state index in [4.69, 9.17) is 11.6 Å². The molecule has 0 saturated carbocycles. The SMILES string of the molecule is CC(C)c1cc(C(F)(F)F)c(Cl)cc1CP. The molecule has 0 aliphatic heterocycles. The monoisotopic (exact) mass is 268 g/mol. The summed E-state index contributed by atoms with van der Waals surface area (Å²) in [6.07, 6.45) is -3.79. The van der Waals surface area contributed by atoms with E-state index < -0.39 is 11.7 Å². The Hall–Kier alpha value is -0.270. The first-order valence-electron chi connectivity index (χ1n) is 4.87. The van der Waals surface area contributed by atoms with Crippen LogP contribution >= 0.6 is 20.8 Å². The number of rotatable bonds is 2. The Bertz CT molecular complexity index is 386. The zero-order chi connectivity index (χ0) is 12.5. The summed E-state index contributed by atoms with van der Waals surface area (Å²) >= 11 is 5.64. The van der Waals surface area contributed by atoms with Crippen LogP contribution in [0.1, 0.15) is 36.5 Å². The molecule has 0 amide bonds. The van der Waals surface area contributed by atoms with E-state index in [-0.39, 0.29) is 10.9 Å². The summed E-state index contributed by atoms with van der Waals surface area (Å²) in [5.74, 6) is 0.0499. The molecule has 0 aromatic heterocycles. The highest BCUT2D eigenvalue weighted by atomic mass is 35.5. The molecule has 0 nitrogen and oxygen atoms in total. The molecule has 90 valence electrons. The van der Waals surface area contributed by atoms with Crippen LogP contribution in [0.2, 0.25) is 5.02 Å². The molecule has 0 spiro atoms. The van der Waals surface area contributed by atoms with Gasteiger partial charge in [-0.2, -0.15) is 13.2 Å². The maximum Gasteiger partial charge on any atom is 0.417 e. The predicted octanol–water partition coefficient (Wildman–Crippen LogP) is 4.86. The molecule has 1 aromatic rings. The van der Waals surface area contributed by atoms with Crippen LogP contribution in [-0.2, 0) is 12.3 Å². The second kappa shape index (κ2) is 4.93. The maximum atomic E-state index is 12.6. The molecule has 0 heterocycles. The van der Waals surface area contributed by atoms with Crippen LogP contribution in [0, 0.1) is 0 Å². The summed E-state index contributed by atoms with van der Waals surface area (Å²) in [5.41, 5.74) is 0.796. The first kappa shape index (κ1) is 13.8. The predicted molar refractivity (Wildman–Crippen MR) is 64.0 cm³/mol. The third kappa shape index (κ3) is 2.89. The zero-order valence-corrected chi connectivity index (χ0v) is 10.9. The minimum absolute atomic E-state index is 0.0499. The highest BCUT2D eigenvalue weighted by Gasteiger charge is 2.34. The van der Waals surface area contributed by atoms with E-state index in [9.17, 15) is 13.2 Å². The van der Waals surface area contributed by atoms with Crippen LogP contribution in [0.5, 0.6) is 0 Å². The first-order chi connectivity index (χ1) is 7.27. The molecule has 5 heteroatoms. The van der Waals surface area contributed by atoms with Crippen molar-refractivity contribution in [1.82, 2.24) is 0 Å². The summed E-state index contributed by atoms with van der Waals surface area (Å²) in [4.78, 5) is 0. The van der Waals surface area contributed by atoms with Crippen molar-refractivity contribution in [2.45, 2.75) is 32.1 Å². The third-order valence-corrected chi connectivity index (χ3v) is 3.13. The van der Waals surface area contributed by atoms with Crippen LogP contribution < -0.4 is 0 Å². The van der Waals surface area contributed by atoms with Gasteiger partial charge in [0.15, 0.2) is 0 Å². The Kier molecular flexibility index (Phi) is 4.25. The van der Waals surface area contributed by atoms with Crippen molar-refractivity contribution < 1.29 is 13.2 Å². The smallest absolute Gasteiger partial charge is 0.166 e. The van der Waals surface area contributed by atoms with Crippen LogP contribution in [0.25, 0.3) is 0 Å². The lowest BCUT2D eigenvalue weighted by atomic mass is 9.95. The minimum atomic E-state index is -4.39. The normalized spacial score (nSPS) is 12.2. The number of benzene rings is 1. The molecule has 0 aliphatic carbocycles. The molecule has 1 aromatic carbocycles. The van der Waals surface area contributed by atoms with Gasteiger partial charge >= 0.3 is 6.18 Å². The van der Waals surface area contributed by atoms with Crippen molar-refractivity contribution >= 4 is 20.8 Å². The Morgan fingerprint density at radius 1 is 1.31 bits per heavy atom. The van der Waals surface area contributed by atoms with Gasteiger partial charge in [0.1, 0.15) is 0 Å². The average Bonchev–Trinajstić information content (AvgIpc) is 2.14. The third-order valence-electron chi connectivity index (χ3n) is 2.38. The highest BCUT2D eigenvalue weighted by Crippen LogP contribution is 2.38. The van der Waals surface area contributed by atoms with E-state index in [0.29, 0.717) is 11.7 Å². The summed E-state index contributed by atoms with van der Waals surface area (Å²) in [6.45, 7) is 3.74. The van der Waals surface area contributed by atoms with Crippen molar-refractivity contribution in [1.29, 1.82) is 0 Å². The molecule has 0 fully saturated rings. The van der Waals surface area contributed by atoms with Crippen LogP contribution in [0.15, 0.2) is 12.1 Å². The Labute approximate surface area is 100 Å². The quantitative estimate of drug-likeness (QED) is 0.672. The van der Waals surface area contributed by atoms with Gasteiger partial charge < -0.3 is 0 Å². The molecule has 16 heavy (non-hydrogen) atoms. The summed E-state index contributed by atoms with van der Waals surface area (Å²) in [6, 6.07) is 2.57. The molecule has 0 radical (unpaired) electrons. The second-order valence-corrected chi connectivity index (χ2v) is 4.70.